The third-order valence-electron chi connectivity index (χ3n) is 11.2. The first-order valence-corrected chi connectivity index (χ1v) is 20.0. The molecule has 0 spiro atoms. The monoisotopic (exact) mass is 724 g/mol. The van der Waals surface area contributed by atoms with E-state index in [-0.39, 0.29) is 72.1 Å². The third kappa shape index (κ3) is 11.9. The summed E-state index contributed by atoms with van der Waals surface area (Å²) in [6.07, 6.45) is 9.49. The van der Waals surface area contributed by atoms with E-state index in [4.69, 9.17) is 4.74 Å². The lowest BCUT2D eigenvalue weighted by Gasteiger charge is -2.35. The highest BCUT2D eigenvalue weighted by atomic mass is 32.1. The van der Waals surface area contributed by atoms with Crippen LogP contribution in [0, 0.1) is 23.7 Å². The van der Waals surface area contributed by atoms with E-state index in [9.17, 15) is 24.3 Å². The van der Waals surface area contributed by atoms with E-state index in [2.05, 4.69) is 34.4 Å². The highest BCUT2D eigenvalue weighted by Gasteiger charge is 2.36. The van der Waals surface area contributed by atoms with Crippen LogP contribution >= 0.6 is 11.3 Å². The lowest BCUT2D eigenvalue weighted by atomic mass is 9.80. The van der Waals surface area contributed by atoms with Crippen LogP contribution in [0.2, 0.25) is 0 Å². The van der Waals surface area contributed by atoms with Crippen molar-refractivity contribution in [3.8, 4) is 0 Å². The maximum absolute atomic E-state index is 14.0. The molecule has 10 nitrogen and oxygen atoms in total. The topological polar surface area (TPSA) is 138 Å². The number of benzene rings is 1. The fraction of sp³-hybridized carbons (Fsp3) is 0.675. The summed E-state index contributed by atoms with van der Waals surface area (Å²) in [5.41, 5.74) is 1.24. The average molecular weight is 725 g/mol. The second-order valence-corrected chi connectivity index (χ2v) is 15.9. The minimum atomic E-state index is -0.970. The number of esters is 1. The Morgan fingerprint density at radius 3 is 2.37 bits per heavy atom. The molecule has 2 fully saturated rings. The molecule has 2 heterocycles. The van der Waals surface area contributed by atoms with Gasteiger partial charge >= 0.3 is 5.97 Å². The number of nitrogens with one attached hydrogen (secondary N) is 2. The van der Waals surface area contributed by atoms with E-state index in [0.717, 1.165) is 69.9 Å². The van der Waals surface area contributed by atoms with Crippen molar-refractivity contribution < 1.29 is 29.0 Å². The standard InChI is InChI=1S/C40H60N4O6S/c1-6-26(2)31(23-35(45)34-19-13-14-20-44(34)4)37(47)42-32(29-17-11-8-12-18-29)24-36(46)39-43-33(25-51-39)38(48)41-30(21-27(3)40(49)50-5)22-28-15-9-7-10-16-28/h7,9-10,15-16,25-27,29-32,34,36,46H,6,8,11-14,17-24H2,1-5H3,(H,41,48)(H,42,47)/t26-,27-,30+,31-,32+,34?,36+/m0/s1. The predicted octanol–water partition coefficient (Wildman–Crippen LogP) is 6.28. The number of Topliss-reactive ketones (excluding diaryl/α,β-unsaturated/α-hetero) is 1. The number of aromatic nitrogens is 1. The molecule has 1 aliphatic carbocycles. The molecule has 1 aromatic heterocycles. The summed E-state index contributed by atoms with van der Waals surface area (Å²) < 4.78 is 4.92. The van der Waals surface area contributed by atoms with Crippen LogP contribution in [0.25, 0.3) is 0 Å². The summed E-state index contributed by atoms with van der Waals surface area (Å²) in [6.45, 7) is 6.80. The number of aliphatic hydroxyl groups is 1. The second-order valence-electron chi connectivity index (χ2n) is 15.0. The molecule has 1 aliphatic heterocycles. The van der Waals surface area contributed by atoms with E-state index in [1.54, 1.807) is 12.3 Å². The van der Waals surface area contributed by atoms with Gasteiger partial charge < -0.3 is 20.5 Å². The van der Waals surface area contributed by atoms with Gasteiger partial charge in [0.05, 0.1) is 19.1 Å². The van der Waals surface area contributed by atoms with Crippen molar-refractivity contribution in [3.05, 3.63) is 52.0 Å². The first-order chi connectivity index (χ1) is 24.5. The zero-order valence-corrected chi connectivity index (χ0v) is 32.1. The van der Waals surface area contributed by atoms with Gasteiger partial charge in [-0.15, -0.1) is 11.3 Å². The number of hydrogen-bond acceptors (Lipinski definition) is 9. The molecule has 1 aromatic carbocycles. The molecule has 2 aliphatic rings. The Kier molecular flexibility index (Phi) is 16.1. The summed E-state index contributed by atoms with van der Waals surface area (Å²) in [6, 6.07) is 9.04. The second kappa shape index (κ2) is 20.2. The number of likely N-dealkylation sites (N-methyl/N-ethyl adjacent to an activating group) is 1. The van der Waals surface area contributed by atoms with Crippen LogP contribution in [0.4, 0.5) is 0 Å². The van der Waals surface area contributed by atoms with E-state index < -0.39 is 17.9 Å². The molecule has 2 aromatic rings. The fourth-order valence-electron chi connectivity index (χ4n) is 7.83. The molecule has 11 heteroatoms. The Balaban J connectivity index is 1.45. The Bertz CT molecular complexity index is 1410. The minimum absolute atomic E-state index is 0.0427. The Hall–Kier alpha value is -3.15. The fourth-order valence-corrected chi connectivity index (χ4v) is 8.63. The van der Waals surface area contributed by atoms with Crippen molar-refractivity contribution in [1.29, 1.82) is 0 Å². The number of rotatable bonds is 18. The first-order valence-electron chi connectivity index (χ1n) is 19.1. The van der Waals surface area contributed by atoms with Crippen LogP contribution in [0.3, 0.4) is 0 Å². The highest BCUT2D eigenvalue weighted by molar-refractivity contribution is 7.09. The van der Waals surface area contributed by atoms with Gasteiger partial charge in [-0.3, -0.25) is 24.1 Å². The predicted molar refractivity (Wildman–Crippen MR) is 200 cm³/mol. The lowest BCUT2D eigenvalue weighted by Crippen LogP contribution is -2.48. The number of carbonyl (C=O) groups excluding carboxylic acids is 4. The van der Waals surface area contributed by atoms with Crippen LogP contribution in [0.1, 0.15) is 125 Å². The molecule has 0 radical (unpaired) electrons. The number of hydrogen-bond donors (Lipinski definition) is 3. The van der Waals surface area contributed by atoms with Gasteiger partial charge in [0, 0.05) is 36.2 Å². The number of aliphatic hydroxyl groups excluding tert-OH is 1. The van der Waals surface area contributed by atoms with Gasteiger partial charge in [0.15, 0.2) is 5.78 Å². The van der Waals surface area contributed by atoms with Crippen molar-refractivity contribution in [2.45, 2.75) is 128 Å². The largest absolute Gasteiger partial charge is 0.469 e. The SMILES string of the molecule is CC[C@H](C)[C@H](CC(=O)C1CCCCN1C)C(=O)N[C@H](C[C@@H](O)c1nc(C(=O)N[C@@H](Cc2ccccc2)C[C@H](C)C(=O)OC)cs1)C1CCCCC1. The van der Waals surface area contributed by atoms with Crippen LogP contribution in [0.15, 0.2) is 35.7 Å². The molecule has 282 valence electrons. The molecule has 0 bridgehead atoms. The molecule has 3 N–H and O–H groups in total. The van der Waals surface area contributed by atoms with Gasteiger partial charge in [0.2, 0.25) is 5.91 Å². The normalized spacial score (nSPS) is 20.7. The molecule has 1 unspecified atom stereocenters. The maximum atomic E-state index is 14.0. The number of carbonyl (C=O) groups is 4. The zero-order valence-electron chi connectivity index (χ0n) is 31.3. The van der Waals surface area contributed by atoms with E-state index in [1.807, 2.05) is 37.4 Å². The molecule has 51 heavy (non-hydrogen) atoms. The van der Waals surface area contributed by atoms with Gasteiger partial charge in [-0.2, -0.15) is 0 Å². The van der Waals surface area contributed by atoms with Crippen molar-refractivity contribution in [2.75, 3.05) is 20.7 Å². The zero-order chi connectivity index (χ0) is 36.9. The van der Waals surface area contributed by atoms with Crippen LogP contribution in [0.5, 0.6) is 0 Å². The van der Waals surface area contributed by atoms with Crippen LogP contribution in [-0.4, -0.2) is 77.4 Å². The summed E-state index contributed by atoms with van der Waals surface area (Å²) >= 11 is 1.23. The van der Waals surface area contributed by atoms with Crippen LogP contribution in [-0.2, 0) is 25.5 Å². The number of ether oxygens (including phenoxy) is 1. The molecule has 1 saturated carbocycles. The summed E-state index contributed by atoms with van der Waals surface area (Å²) in [7, 11) is 3.36. The quantitative estimate of drug-likeness (QED) is 0.153. The van der Waals surface area contributed by atoms with Gasteiger partial charge in [-0.25, -0.2) is 4.98 Å². The van der Waals surface area contributed by atoms with Crippen LogP contribution < -0.4 is 10.6 Å². The molecule has 4 rings (SSSR count). The molecule has 2 amide bonds. The number of ketones is 1. The van der Waals surface area contributed by atoms with Gasteiger partial charge in [-0.1, -0.05) is 83.2 Å². The lowest BCUT2D eigenvalue weighted by molar-refractivity contribution is -0.145. The van der Waals surface area contributed by atoms with Crippen molar-refractivity contribution in [2.24, 2.45) is 23.7 Å². The molecular formula is C40H60N4O6S. The molecule has 1 saturated heterocycles. The minimum Gasteiger partial charge on any atom is -0.469 e. The summed E-state index contributed by atoms with van der Waals surface area (Å²) in [5.74, 6) is -1.24. The smallest absolute Gasteiger partial charge is 0.308 e. The third-order valence-corrected chi connectivity index (χ3v) is 12.1. The Morgan fingerprint density at radius 2 is 1.71 bits per heavy atom. The van der Waals surface area contributed by atoms with E-state index in [1.165, 1.54) is 18.4 Å². The Labute approximate surface area is 308 Å². The van der Waals surface area contributed by atoms with Gasteiger partial charge in [-0.05, 0) is 69.5 Å². The van der Waals surface area contributed by atoms with Crippen molar-refractivity contribution >= 4 is 34.9 Å². The number of likely N-dealkylation sites (tertiary alicyclic amines) is 1. The number of nitrogens with zero attached hydrogens (tertiary/aromatic N) is 2. The van der Waals surface area contributed by atoms with Crippen molar-refractivity contribution in [3.63, 3.8) is 0 Å². The Morgan fingerprint density at radius 1 is 1.00 bits per heavy atom. The maximum Gasteiger partial charge on any atom is 0.308 e. The van der Waals surface area contributed by atoms with Gasteiger partial charge in [0.1, 0.15) is 16.8 Å². The molecule has 7 atom stereocenters. The van der Waals surface area contributed by atoms with E-state index >= 15 is 0 Å². The number of piperidine rings is 1. The summed E-state index contributed by atoms with van der Waals surface area (Å²) in [5, 5.41) is 20.0. The highest BCUT2D eigenvalue weighted by Crippen LogP contribution is 2.33. The number of methoxy groups -OCH3 is 1. The number of thiazole rings is 1. The summed E-state index contributed by atoms with van der Waals surface area (Å²) in [4.78, 5) is 59.8. The number of amides is 2. The van der Waals surface area contributed by atoms with Crippen molar-refractivity contribution in [1.82, 2.24) is 20.5 Å². The average Bonchev–Trinajstić information content (AvgIpc) is 3.65. The van der Waals surface area contributed by atoms with E-state index in [0.29, 0.717) is 17.8 Å². The van der Waals surface area contributed by atoms with Gasteiger partial charge in [0.25, 0.3) is 5.91 Å². The molecular weight excluding hydrogens is 665 g/mol. The first kappa shape index (κ1) is 40.6.